The van der Waals surface area contributed by atoms with E-state index < -0.39 is 0 Å². The van der Waals surface area contributed by atoms with Crippen molar-refractivity contribution in [1.82, 2.24) is 15.5 Å². The highest BCUT2D eigenvalue weighted by Gasteiger charge is 2.09. The number of aromatic nitrogens is 2. The number of hydrogen-bond donors (Lipinski definition) is 4. The third-order valence-corrected chi connectivity index (χ3v) is 2.40. The topological polar surface area (TPSA) is 129 Å². The second kappa shape index (κ2) is 9.43. The number of nitrogen functional groups attached to an aromatic ring is 1. The zero-order valence-corrected chi connectivity index (χ0v) is 13.3. The highest BCUT2D eigenvalue weighted by molar-refractivity contribution is 14.0. The maximum atomic E-state index is 8.89. The van der Waals surface area contributed by atoms with E-state index in [9.17, 15) is 0 Å². The Labute approximate surface area is 129 Å². The molecule has 1 rings (SSSR count). The summed E-state index contributed by atoms with van der Waals surface area (Å²) < 4.78 is 0. The van der Waals surface area contributed by atoms with Gasteiger partial charge in [-0.1, -0.05) is 6.92 Å². The van der Waals surface area contributed by atoms with Crippen LogP contribution in [0.2, 0.25) is 0 Å². The van der Waals surface area contributed by atoms with E-state index in [0.29, 0.717) is 24.5 Å². The Hall–Kier alpha value is -1.50. The van der Waals surface area contributed by atoms with E-state index >= 15 is 0 Å². The number of H-pyrrole nitrogens is 1. The van der Waals surface area contributed by atoms with Gasteiger partial charge < -0.3 is 16.8 Å². The predicted octanol–water partition coefficient (Wildman–Crippen LogP) is 0.728. The summed E-state index contributed by atoms with van der Waals surface area (Å²) in [5.41, 5.74) is 12.4. The number of aliphatic imine (C=N–C) groups is 1. The van der Waals surface area contributed by atoms with E-state index in [1.165, 1.54) is 0 Å². The number of nitrogens with two attached hydrogens (primary N) is 2. The molecule has 0 aliphatic heterocycles. The van der Waals surface area contributed by atoms with Crippen LogP contribution in [0, 0.1) is 11.3 Å². The fraction of sp³-hybridized carbons (Fsp3) is 0.545. The number of aryl methyl sites for hydroxylation is 1. The summed E-state index contributed by atoms with van der Waals surface area (Å²) in [5.74, 6) is 0.714. The number of anilines is 1. The maximum absolute atomic E-state index is 8.89. The molecule has 0 radical (unpaired) electrons. The van der Waals surface area contributed by atoms with Crippen LogP contribution in [0.3, 0.4) is 0 Å². The van der Waals surface area contributed by atoms with Crippen LogP contribution in [0.4, 0.5) is 5.82 Å². The van der Waals surface area contributed by atoms with Crippen molar-refractivity contribution in [2.24, 2.45) is 10.7 Å². The van der Waals surface area contributed by atoms with Gasteiger partial charge in [-0.2, -0.15) is 10.4 Å². The third kappa shape index (κ3) is 5.78. The van der Waals surface area contributed by atoms with E-state index in [1.54, 1.807) is 0 Å². The molecule has 0 bridgehead atoms. The molecule has 0 fully saturated rings. The van der Waals surface area contributed by atoms with Gasteiger partial charge in [0.25, 0.3) is 0 Å². The van der Waals surface area contributed by atoms with Crippen molar-refractivity contribution in [3.63, 3.8) is 0 Å². The van der Waals surface area contributed by atoms with E-state index in [0.717, 1.165) is 25.1 Å². The van der Waals surface area contributed by atoms with Crippen molar-refractivity contribution in [1.29, 1.82) is 5.26 Å². The Morgan fingerprint density at radius 2 is 2.32 bits per heavy atom. The lowest BCUT2D eigenvalue weighted by molar-refractivity contribution is 0.747. The highest BCUT2D eigenvalue weighted by Crippen LogP contribution is 2.12. The van der Waals surface area contributed by atoms with Crippen LogP contribution in [0.1, 0.15) is 31.0 Å². The van der Waals surface area contributed by atoms with Crippen molar-refractivity contribution in [3.8, 4) is 6.07 Å². The number of nitriles is 1. The molecule has 1 heterocycles. The molecule has 0 aromatic carbocycles. The van der Waals surface area contributed by atoms with Crippen molar-refractivity contribution < 1.29 is 0 Å². The Balaban J connectivity index is 0.00000324. The monoisotopic (exact) mass is 377 g/mol. The smallest absolute Gasteiger partial charge is 0.188 e. The van der Waals surface area contributed by atoms with Crippen LogP contribution in [0.25, 0.3) is 0 Å². The molecular formula is C11H20IN7. The SMILES string of the molecule is CCCN=C(N)NCCCc1[nH]nc(N)c1C#N.I. The van der Waals surface area contributed by atoms with Crippen LogP contribution >= 0.6 is 24.0 Å². The number of guanidine groups is 1. The Kier molecular flexibility index (Phi) is 8.69. The minimum Gasteiger partial charge on any atom is -0.381 e. The second-order valence-electron chi connectivity index (χ2n) is 3.87. The van der Waals surface area contributed by atoms with Gasteiger partial charge in [-0.3, -0.25) is 10.1 Å². The van der Waals surface area contributed by atoms with E-state index in [2.05, 4.69) is 20.5 Å². The summed E-state index contributed by atoms with van der Waals surface area (Å²) in [7, 11) is 0. The van der Waals surface area contributed by atoms with Crippen molar-refractivity contribution in [2.45, 2.75) is 26.2 Å². The van der Waals surface area contributed by atoms with Gasteiger partial charge in [0.2, 0.25) is 0 Å². The lowest BCUT2D eigenvalue weighted by Crippen LogP contribution is -2.32. The fourth-order valence-electron chi connectivity index (χ4n) is 1.47. The zero-order chi connectivity index (χ0) is 13.4. The van der Waals surface area contributed by atoms with Crippen molar-refractivity contribution >= 4 is 35.8 Å². The van der Waals surface area contributed by atoms with Crippen LogP contribution in [-0.4, -0.2) is 29.2 Å². The molecule has 0 atom stereocenters. The van der Waals surface area contributed by atoms with Gasteiger partial charge >= 0.3 is 0 Å². The molecule has 0 saturated heterocycles. The molecule has 0 amide bonds. The molecule has 106 valence electrons. The average Bonchev–Trinajstić information content (AvgIpc) is 2.72. The third-order valence-electron chi connectivity index (χ3n) is 2.40. The van der Waals surface area contributed by atoms with Gasteiger partial charge in [-0.25, -0.2) is 0 Å². The Bertz CT molecular complexity index is 446. The van der Waals surface area contributed by atoms with Gasteiger partial charge in [-0.15, -0.1) is 24.0 Å². The summed E-state index contributed by atoms with van der Waals surface area (Å²) >= 11 is 0. The maximum Gasteiger partial charge on any atom is 0.188 e. The standard InChI is InChI=1S/C11H19N7.HI/c1-2-5-15-11(14)16-6-3-4-9-8(7-12)10(13)18-17-9;/h2-6H2,1H3,(H3,13,17,18)(H3,14,15,16);1H. The lowest BCUT2D eigenvalue weighted by atomic mass is 10.1. The second-order valence-corrected chi connectivity index (χ2v) is 3.87. The number of hydrogen-bond acceptors (Lipinski definition) is 4. The number of nitrogens with one attached hydrogen (secondary N) is 2. The van der Waals surface area contributed by atoms with Gasteiger partial charge in [-0.05, 0) is 19.3 Å². The van der Waals surface area contributed by atoms with E-state index in [4.69, 9.17) is 16.7 Å². The van der Waals surface area contributed by atoms with Gasteiger partial charge in [0.05, 0.1) is 5.69 Å². The highest BCUT2D eigenvalue weighted by atomic mass is 127. The molecule has 1 aromatic heterocycles. The average molecular weight is 377 g/mol. The molecule has 8 heteroatoms. The first-order valence-corrected chi connectivity index (χ1v) is 5.95. The molecule has 19 heavy (non-hydrogen) atoms. The summed E-state index contributed by atoms with van der Waals surface area (Å²) in [6.45, 7) is 3.47. The summed E-state index contributed by atoms with van der Waals surface area (Å²) in [6, 6.07) is 2.03. The predicted molar refractivity (Wildman–Crippen MR) is 86.2 cm³/mol. The van der Waals surface area contributed by atoms with E-state index in [-0.39, 0.29) is 29.8 Å². The summed E-state index contributed by atoms with van der Waals surface area (Å²) in [5, 5.41) is 18.5. The molecule has 6 N–H and O–H groups in total. The minimum atomic E-state index is 0. The normalized spacial score (nSPS) is 10.6. The first kappa shape index (κ1) is 17.5. The van der Waals surface area contributed by atoms with Gasteiger partial charge in [0, 0.05) is 13.1 Å². The zero-order valence-electron chi connectivity index (χ0n) is 10.9. The molecule has 7 nitrogen and oxygen atoms in total. The summed E-state index contributed by atoms with van der Waals surface area (Å²) in [4.78, 5) is 4.12. The van der Waals surface area contributed by atoms with Gasteiger partial charge in [0.1, 0.15) is 11.6 Å². The van der Waals surface area contributed by atoms with Crippen LogP contribution in [0.5, 0.6) is 0 Å². The molecule has 0 saturated carbocycles. The molecule has 0 unspecified atom stereocenters. The molecule has 1 aromatic rings. The van der Waals surface area contributed by atoms with E-state index in [1.807, 2.05) is 13.0 Å². The largest absolute Gasteiger partial charge is 0.381 e. The lowest BCUT2D eigenvalue weighted by Gasteiger charge is -2.04. The summed E-state index contributed by atoms with van der Waals surface area (Å²) in [6.07, 6.45) is 2.49. The molecule has 0 spiro atoms. The van der Waals surface area contributed by atoms with Crippen LogP contribution in [0.15, 0.2) is 4.99 Å². The van der Waals surface area contributed by atoms with Gasteiger partial charge in [0.15, 0.2) is 11.8 Å². The number of halogens is 1. The number of aromatic amines is 1. The van der Waals surface area contributed by atoms with Crippen molar-refractivity contribution in [2.75, 3.05) is 18.8 Å². The molecule has 0 aliphatic carbocycles. The molecular weight excluding hydrogens is 357 g/mol. The van der Waals surface area contributed by atoms with Crippen molar-refractivity contribution in [3.05, 3.63) is 11.3 Å². The van der Waals surface area contributed by atoms with Crippen LogP contribution < -0.4 is 16.8 Å². The quantitative estimate of drug-likeness (QED) is 0.251. The first-order valence-electron chi connectivity index (χ1n) is 5.95. The molecule has 0 aliphatic rings. The Morgan fingerprint density at radius 1 is 1.58 bits per heavy atom. The van der Waals surface area contributed by atoms with Crippen LogP contribution in [-0.2, 0) is 6.42 Å². The first-order chi connectivity index (χ1) is 8.69. The number of nitrogens with zero attached hydrogens (tertiary/aromatic N) is 3. The Morgan fingerprint density at radius 3 is 2.95 bits per heavy atom. The fourth-order valence-corrected chi connectivity index (χ4v) is 1.47. The number of rotatable bonds is 6. The minimum absolute atomic E-state index is 0.